The van der Waals surface area contributed by atoms with E-state index in [0.717, 1.165) is 73.8 Å². The van der Waals surface area contributed by atoms with Crippen LogP contribution < -0.4 is 4.74 Å². The van der Waals surface area contributed by atoms with Gasteiger partial charge in [-0.2, -0.15) is 0 Å². The summed E-state index contributed by atoms with van der Waals surface area (Å²) in [6.07, 6.45) is 12.7. The minimum Gasteiger partial charge on any atom is -0.492 e. The number of hydrogen-bond acceptors (Lipinski definition) is 1. The fourth-order valence-corrected chi connectivity index (χ4v) is 5.84. The Labute approximate surface area is 214 Å². The predicted octanol–water partition coefficient (Wildman–Crippen LogP) is 9.97. The summed E-state index contributed by atoms with van der Waals surface area (Å²) in [6.45, 7) is 14.3. The highest BCUT2D eigenvalue weighted by Crippen LogP contribution is 2.37. The van der Waals surface area contributed by atoms with Crippen LogP contribution in [0.2, 0.25) is 0 Å². The van der Waals surface area contributed by atoms with Gasteiger partial charge < -0.3 is 4.74 Å². The highest BCUT2D eigenvalue weighted by molar-refractivity contribution is 5.68. The van der Waals surface area contributed by atoms with E-state index in [0.29, 0.717) is 5.56 Å². The lowest BCUT2D eigenvalue weighted by atomic mass is 9.80. The molecule has 3 rings (SSSR count). The second-order valence-corrected chi connectivity index (χ2v) is 11.2. The van der Waals surface area contributed by atoms with E-state index in [-0.39, 0.29) is 11.2 Å². The summed E-state index contributed by atoms with van der Waals surface area (Å²) in [6, 6.07) is 10.2. The minimum absolute atomic E-state index is 0.0977. The lowest BCUT2D eigenvalue weighted by Gasteiger charge is -2.31. The summed E-state index contributed by atoms with van der Waals surface area (Å²) in [5.74, 6) is 2.62. The van der Waals surface area contributed by atoms with Crippen LogP contribution in [0.5, 0.6) is 5.75 Å². The first-order valence-corrected chi connectivity index (χ1v) is 14.5. The quantitative estimate of drug-likeness (QED) is 0.294. The molecule has 0 bridgehead atoms. The molecule has 2 heteroatoms. The fourth-order valence-electron chi connectivity index (χ4n) is 5.84. The smallest absolute Gasteiger partial charge is 0.131 e. The van der Waals surface area contributed by atoms with Crippen LogP contribution in [0, 0.1) is 23.1 Å². The van der Waals surface area contributed by atoms with E-state index in [2.05, 4.69) is 59.7 Å². The van der Waals surface area contributed by atoms with Gasteiger partial charge in [-0.25, -0.2) is 4.39 Å². The molecule has 0 N–H and O–H groups in total. The molecule has 0 atom stereocenters. The summed E-state index contributed by atoms with van der Waals surface area (Å²) in [7, 11) is 0. The third-order valence-corrected chi connectivity index (χ3v) is 9.10. The summed E-state index contributed by atoms with van der Waals surface area (Å²) < 4.78 is 21.9. The maximum Gasteiger partial charge on any atom is 0.131 e. The molecule has 1 nitrogen and oxygen atoms in total. The van der Waals surface area contributed by atoms with Crippen molar-refractivity contribution in [2.24, 2.45) is 17.3 Å². The molecule has 0 aromatic heterocycles. The largest absolute Gasteiger partial charge is 0.492 e. The molecule has 1 aliphatic rings. The van der Waals surface area contributed by atoms with Gasteiger partial charge in [-0.05, 0) is 97.2 Å². The van der Waals surface area contributed by atoms with Crippen LogP contribution in [0.3, 0.4) is 0 Å². The summed E-state index contributed by atoms with van der Waals surface area (Å²) >= 11 is 0. The van der Waals surface area contributed by atoms with Crippen LogP contribution >= 0.6 is 0 Å². The Kier molecular flexibility index (Phi) is 10.3. The zero-order valence-corrected chi connectivity index (χ0v) is 23.3. The first-order valence-electron chi connectivity index (χ1n) is 14.5. The van der Waals surface area contributed by atoms with E-state index in [1.54, 1.807) is 6.07 Å². The topological polar surface area (TPSA) is 9.23 Å². The summed E-state index contributed by atoms with van der Waals surface area (Å²) in [5.41, 5.74) is 5.42. The maximum atomic E-state index is 15.3. The van der Waals surface area contributed by atoms with Gasteiger partial charge in [0.1, 0.15) is 11.6 Å². The van der Waals surface area contributed by atoms with Gasteiger partial charge in [0.05, 0.1) is 6.61 Å². The molecule has 0 aliphatic heterocycles. The number of benzene rings is 2. The van der Waals surface area contributed by atoms with Crippen LogP contribution in [-0.4, -0.2) is 6.61 Å². The van der Waals surface area contributed by atoms with Gasteiger partial charge in [0.15, 0.2) is 0 Å². The average molecular weight is 481 g/mol. The molecule has 0 heterocycles. The van der Waals surface area contributed by atoms with Crippen molar-refractivity contribution in [3.63, 3.8) is 0 Å². The Bertz CT molecular complexity index is 901. The summed E-state index contributed by atoms with van der Waals surface area (Å²) in [5, 5.41) is 0. The highest BCUT2D eigenvalue weighted by Gasteiger charge is 2.26. The second-order valence-electron chi connectivity index (χ2n) is 11.2. The third kappa shape index (κ3) is 6.89. The number of aryl methyl sites for hydroxylation is 3. The predicted molar refractivity (Wildman–Crippen MR) is 149 cm³/mol. The van der Waals surface area contributed by atoms with Crippen LogP contribution in [0.25, 0.3) is 11.1 Å². The Morgan fingerprint density at radius 2 is 1.46 bits per heavy atom. The Balaban J connectivity index is 1.78. The van der Waals surface area contributed by atoms with Crippen LogP contribution in [-0.2, 0) is 19.3 Å². The molecule has 1 aliphatic carbocycles. The fraction of sp³-hybridized carbons (Fsp3) is 0.636. The van der Waals surface area contributed by atoms with Gasteiger partial charge in [0, 0.05) is 11.0 Å². The Morgan fingerprint density at radius 1 is 0.857 bits per heavy atom. The van der Waals surface area contributed by atoms with E-state index in [9.17, 15) is 0 Å². The molecule has 0 spiro atoms. The van der Waals surface area contributed by atoms with Gasteiger partial charge >= 0.3 is 0 Å². The molecule has 0 unspecified atom stereocenters. The number of halogens is 1. The molecular weight excluding hydrogens is 431 g/mol. The number of ether oxygens (including phenoxy) is 1. The molecule has 0 radical (unpaired) electrons. The van der Waals surface area contributed by atoms with Gasteiger partial charge in [-0.15, -0.1) is 0 Å². The average Bonchev–Trinajstić information content (AvgIpc) is 2.89. The van der Waals surface area contributed by atoms with Crippen LogP contribution in [0.1, 0.15) is 110 Å². The van der Waals surface area contributed by atoms with Crippen molar-refractivity contribution in [1.29, 1.82) is 0 Å². The molecule has 0 amide bonds. The van der Waals surface area contributed by atoms with Crippen molar-refractivity contribution in [3.8, 4) is 16.9 Å². The van der Waals surface area contributed by atoms with E-state index < -0.39 is 0 Å². The molecule has 0 saturated heterocycles. The number of rotatable bonds is 12. The third-order valence-electron chi connectivity index (χ3n) is 9.10. The van der Waals surface area contributed by atoms with E-state index in [4.69, 9.17) is 4.74 Å². The normalized spacial score (nSPS) is 18.6. The lowest BCUT2D eigenvalue weighted by Crippen LogP contribution is -2.27. The van der Waals surface area contributed by atoms with Gasteiger partial charge in [0.2, 0.25) is 0 Å². The first-order chi connectivity index (χ1) is 16.9. The van der Waals surface area contributed by atoms with Crippen molar-refractivity contribution in [1.82, 2.24) is 0 Å². The van der Waals surface area contributed by atoms with Crippen molar-refractivity contribution >= 4 is 0 Å². The molecule has 2 aromatic rings. The van der Waals surface area contributed by atoms with Gasteiger partial charge in [-0.3, -0.25) is 0 Å². The molecule has 35 heavy (non-hydrogen) atoms. The zero-order valence-electron chi connectivity index (χ0n) is 23.3. The Hall–Kier alpha value is -1.83. The minimum atomic E-state index is -0.0977. The van der Waals surface area contributed by atoms with Crippen molar-refractivity contribution in [3.05, 3.63) is 52.8 Å². The second kappa shape index (κ2) is 12.9. The number of hydrogen-bond donors (Lipinski definition) is 0. The molecule has 1 saturated carbocycles. The lowest BCUT2D eigenvalue weighted by molar-refractivity contribution is 0.126. The van der Waals surface area contributed by atoms with Crippen LogP contribution in [0.4, 0.5) is 4.39 Å². The molecule has 194 valence electrons. The first kappa shape index (κ1) is 27.8. The Morgan fingerprint density at radius 3 is 1.97 bits per heavy atom. The SMILES string of the molecule is CCc1cc(-c2ccc(CCC3CCC(C)CC3)cc2F)cc(CC)c1OCC(CC)(CC)CC. The molecule has 1 fully saturated rings. The van der Waals surface area contributed by atoms with Crippen molar-refractivity contribution in [2.75, 3.05) is 6.61 Å². The molecular formula is C33H49FO. The van der Waals surface area contributed by atoms with E-state index >= 15 is 4.39 Å². The maximum absolute atomic E-state index is 15.3. The van der Waals surface area contributed by atoms with E-state index in [1.807, 2.05) is 6.07 Å². The monoisotopic (exact) mass is 480 g/mol. The highest BCUT2D eigenvalue weighted by atomic mass is 19.1. The van der Waals surface area contributed by atoms with Crippen molar-refractivity contribution < 1.29 is 9.13 Å². The van der Waals surface area contributed by atoms with Crippen molar-refractivity contribution in [2.45, 2.75) is 112 Å². The zero-order chi connectivity index (χ0) is 25.4. The summed E-state index contributed by atoms with van der Waals surface area (Å²) in [4.78, 5) is 0. The van der Waals surface area contributed by atoms with E-state index in [1.165, 1.54) is 43.2 Å². The van der Waals surface area contributed by atoms with Gasteiger partial charge in [-0.1, -0.05) is 79.4 Å². The standard InChI is InChI=1S/C33H49FO/c1-7-27-21-29(22-28(8-2)32(27)35-23-33(9-3,10-4)11-5)30-19-18-26(20-31(30)34)17-16-25-14-12-24(6)13-15-25/h18-22,24-25H,7-17,23H2,1-6H3. The van der Waals surface area contributed by atoms with Gasteiger partial charge in [0.25, 0.3) is 0 Å². The van der Waals surface area contributed by atoms with Crippen LogP contribution in [0.15, 0.2) is 30.3 Å². The molecule has 2 aromatic carbocycles.